The Labute approximate surface area is 99.1 Å². The first kappa shape index (κ1) is 11.0. The molecule has 2 saturated carbocycles. The molecule has 92 valence electrons. The van der Waals surface area contributed by atoms with E-state index < -0.39 is 0 Å². The van der Waals surface area contributed by atoms with Crippen molar-refractivity contribution in [1.29, 1.82) is 0 Å². The van der Waals surface area contributed by atoms with Gasteiger partial charge in [0.25, 0.3) is 0 Å². The molecule has 1 N–H and O–H groups in total. The number of hydrogen-bond acceptors (Lipinski definition) is 2. The molecule has 2 aliphatic carbocycles. The predicted octanol–water partition coefficient (Wildman–Crippen LogP) is 2.72. The summed E-state index contributed by atoms with van der Waals surface area (Å²) in [5.41, 5.74) is 0.321. The minimum absolute atomic E-state index is 0.321. The maximum Gasteiger partial charge on any atom is 0.0685 e. The predicted molar refractivity (Wildman–Crippen MR) is 65.4 cm³/mol. The molecule has 1 heterocycles. The van der Waals surface area contributed by atoms with Crippen LogP contribution in [-0.2, 0) is 4.74 Å². The van der Waals surface area contributed by atoms with Gasteiger partial charge in [-0.1, -0.05) is 12.8 Å². The second-order valence-electron chi connectivity index (χ2n) is 6.21. The topological polar surface area (TPSA) is 21.3 Å². The second-order valence-corrected chi connectivity index (χ2v) is 6.21. The third kappa shape index (κ3) is 2.14. The first-order valence-corrected chi connectivity index (χ1v) is 7.12. The van der Waals surface area contributed by atoms with Gasteiger partial charge in [0.1, 0.15) is 0 Å². The normalized spacial score (nSPS) is 34.7. The lowest BCUT2D eigenvalue weighted by molar-refractivity contribution is -0.147. The van der Waals surface area contributed by atoms with Gasteiger partial charge in [0.05, 0.1) is 5.60 Å². The Morgan fingerprint density at radius 2 is 2.12 bits per heavy atom. The zero-order chi connectivity index (χ0) is 11.0. The minimum Gasteiger partial charge on any atom is -0.375 e. The fraction of sp³-hybridized carbons (Fsp3) is 1.00. The van der Waals surface area contributed by atoms with E-state index >= 15 is 0 Å². The minimum atomic E-state index is 0.321. The molecule has 0 bridgehead atoms. The van der Waals surface area contributed by atoms with Gasteiger partial charge in [-0.15, -0.1) is 0 Å². The summed E-state index contributed by atoms with van der Waals surface area (Å²) >= 11 is 0. The molecule has 0 aromatic heterocycles. The van der Waals surface area contributed by atoms with Crippen molar-refractivity contribution >= 4 is 0 Å². The van der Waals surface area contributed by atoms with Crippen molar-refractivity contribution in [2.75, 3.05) is 13.7 Å². The lowest BCUT2D eigenvalue weighted by atomic mass is 9.70. The van der Waals surface area contributed by atoms with E-state index in [1.807, 2.05) is 0 Å². The average Bonchev–Trinajstić information content (AvgIpc) is 3.08. The van der Waals surface area contributed by atoms with Gasteiger partial charge >= 0.3 is 0 Å². The van der Waals surface area contributed by atoms with Crippen molar-refractivity contribution in [3.05, 3.63) is 0 Å². The van der Waals surface area contributed by atoms with Crippen LogP contribution in [0.4, 0.5) is 0 Å². The summed E-state index contributed by atoms with van der Waals surface area (Å²) in [4.78, 5) is 0. The van der Waals surface area contributed by atoms with Crippen LogP contribution in [-0.4, -0.2) is 25.3 Å². The van der Waals surface area contributed by atoms with Gasteiger partial charge in [-0.05, 0) is 57.4 Å². The van der Waals surface area contributed by atoms with Crippen molar-refractivity contribution < 1.29 is 4.74 Å². The number of ether oxygens (including phenoxy) is 1. The molecule has 3 fully saturated rings. The van der Waals surface area contributed by atoms with Gasteiger partial charge in [-0.25, -0.2) is 0 Å². The molecular weight excluding hydrogens is 198 g/mol. The van der Waals surface area contributed by atoms with Crippen LogP contribution in [0.1, 0.15) is 51.4 Å². The molecule has 0 aromatic rings. The summed E-state index contributed by atoms with van der Waals surface area (Å²) < 4.78 is 6.02. The summed E-state index contributed by atoms with van der Waals surface area (Å²) in [6.45, 7) is 1.01. The highest BCUT2D eigenvalue weighted by Gasteiger charge is 2.44. The van der Waals surface area contributed by atoms with Crippen LogP contribution in [0.25, 0.3) is 0 Å². The van der Waals surface area contributed by atoms with E-state index in [4.69, 9.17) is 4.74 Å². The van der Waals surface area contributed by atoms with Gasteiger partial charge in [-0.3, -0.25) is 0 Å². The molecule has 0 amide bonds. The Bertz CT molecular complexity index is 245. The molecule has 2 heteroatoms. The standard InChI is InChI=1S/C14H25NO/c1-15-13(9-11-3-4-11)12-5-8-16-14(10-12)6-2-7-14/h11-13,15H,2-10H2,1H3. The van der Waals surface area contributed by atoms with Crippen LogP contribution < -0.4 is 5.32 Å². The first-order valence-electron chi connectivity index (χ1n) is 7.12. The van der Waals surface area contributed by atoms with Crippen LogP contribution in [0.5, 0.6) is 0 Å². The van der Waals surface area contributed by atoms with Gasteiger partial charge in [-0.2, -0.15) is 0 Å². The molecule has 2 atom stereocenters. The molecule has 2 nitrogen and oxygen atoms in total. The van der Waals surface area contributed by atoms with Crippen molar-refractivity contribution in [1.82, 2.24) is 5.32 Å². The summed E-state index contributed by atoms with van der Waals surface area (Å²) in [6, 6.07) is 0.758. The van der Waals surface area contributed by atoms with Gasteiger partial charge in [0.2, 0.25) is 0 Å². The van der Waals surface area contributed by atoms with E-state index in [-0.39, 0.29) is 0 Å². The SMILES string of the molecule is CNC(CC1CC1)C1CCOC2(CCC2)C1. The molecule has 3 rings (SSSR count). The lowest BCUT2D eigenvalue weighted by Crippen LogP contribution is -2.49. The molecule has 1 spiro atoms. The third-order valence-electron chi connectivity index (χ3n) is 5.02. The van der Waals surface area contributed by atoms with E-state index in [9.17, 15) is 0 Å². The van der Waals surface area contributed by atoms with Crippen LogP contribution in [0, 0.1) is 11.8 Å². The fourth-order valence-electron chi connectivity index (χ4n) is 3.59. The van der Waals surface area contributed by atoms with Crippen molar-refractivity contribution in [3.8, 4) is 0 Å². The lowest BCUT2D eigenvalue weighted by Gasteiger charge is -2.48. The Morgan fingerprint density at radius 3 is 2.69 bits per heavy atom. The summed E-state index contributed by atoms with van der Waals surface area (Å²) in [5.74, 6) is 1.91. The Balaban J connectivity index is 1.58. The fourth-order valence-corrected chi connectivity index (χ4v) is 3.59. The smallest absolute Gasteiger partial charge is 0.0685 e. The second kappa shape index (κ2) is 4.30. The largest absolute Gasteiger partial charge is 0.375 e. The quantitative estimate of drug-likeness (QED) is 0.791. The first-order chi connectivity index (χ1) is 7.81. The Kier molecular flexibility index (Phi) is 2.97. The maximum atomic E-state index is 6.02. The Morgan fingerprint density at radius 1 is 1.31 bits per heavy atom. The van der Waals surface area contributed by atoms with Crippen LogP contribution in [0.2, 0.25) is 0 Å². The van der Waals surface area contributed by atoms with Crippen molar-refractivity contribution in [2.24, 2.45) is 11.8 Å². The van der Waals surface area contributed by atoms with Crippen LogP contribution in [0.15, 0.2) is 0 Å². The summed E-state index contributed by atoms with van der Waals surface area (Å²) in [7, 11) is 2.15. The number of nitrogens with one attached hydrogen (secondary N) is 1. The number of rotatable bonds is 4. The van der Waals surface area contributed by atoms with Gasteiger partial charge in [0.15, 0.2) is 0 Å². The molecular formula is C14H25NO. The van der Waals surface area contributed by atoms with Gasteiger partial charge < -0.3 is 10.1 Å². The number of hydrogen-bond donors (Lipinski definition) is 1. The van der Waals surface area contributed by atoms with Crippen LogP contribution in [0.3, 0.4) is 0 Å². The Hall–Kier alpha value is -0.0800. The van der Waals surface area contributed by atoms with Crippen molar-refractivity contribution in [3.63, 3.8) is 0 Å². The maximum absolute atomic E-state index is 6.02. The van der Waals surface area contributed by atoms with E-state index in [2.05, 4.69) is 12.4 Å². The zero-order valence-electron chi connectivity index (χ0n) is 10.5. The summed E-state index contributed by atoms with van der Waals surface area (Å²) in [6.07, 6.45) is 11.0. The third-order valence-corrected chi connectivity index (χ3v) is 5.02. The monoisotopic (exact) mass is 223 g/mol. The van der Waals surface area contributed by atoms with Crippen LogP contribution >= 0.6 is 0 Å². The van der Waals surface area contributed by atoms with Crippen molar-refractivity contribution in [2.45, 2.75) is 63.0 Å². The molecule has 0 aromatic carbocycles. The highest BCUT2D eigenvalue weighted by atomic mass is 16.5. The van der Waals surface area contributed by atoms with E-state index in [0.29, 0.717) is 5.60 Å². The van der Waals surface area contributed by atoms with E-state index in [1.54, 1.807) is 0 Å². The van der Waals surface area contributed by atoms with E-state index in [1.165, 1.54) is 51.4 Å². The molecule has 1 aliphatic heterocycles. The molecule has 3 aliphatic rings. The van der Waals surface area contributed by atoms with E-state index in [0.717, 1.165) is 24.5 Å². The molecule has 0 radical (unpaired) electrons. The highest BCUT2D eigenvalue weighted by Crippen LogP contribution is 2.46. The zero-order valence-corrected chi connectivity index (χ0v) is 10.5. The highest BCUT2D eigenvalue weighted by molar-refractivity contribution is 4.97. The molecule has 1 saturated heterocycles. The molecule has 16 heavy (non-hydrogen) atoms. The molecule has 2 unspecified atom stereocenters. The van der Waals surface area contributed by atoms with Gasteiger partial charge in [0, 0.05) is 12.6 Å². The average molecular weight is 223 g/mol. The summed E-state index contributed by atoms with van der Waals surface area (Å²) in [5, 5.41) is 3.57.